The lowest BCUT2D eigenvalue weighted by Gasteiger charge is -2.40. The summed E-state index contributed by atoms with van der Waals surface area (Å²) in [6.07, 6.45) is 1.14. The first-order chi connectivity index (χ1) is 9.38. The molecule has 0 saturated carbocycles. The van der Waals surface area contributed by atoms with E-state index in [-0.39, 0.29) is 5.54 Å². The summed E-state index contributed by atoms with van der Waals surface area (Å²) in [6.45, 7) is 11.8. The summed E-state index contributed by atoms with van der Waals surface area (Å²) in [5.74, 6) is 0. The third-order valence-corrected chi connectivity index (χ3v) is 4.78. The van der Waals surface area contributed by atoms with Crippen molar-refractivity contribution in [3.05, 3.63) is 29.3 Å². The normalized spacial score (nSPS) is 23.6. The first kappa shape index (κ1) is 15.3. The highest BCUT2D eigenvalue weighted by molar-refractivity contribution is 5.53. The van der Waals surface area contributed by atoms with Crippen molar-refractivity contribution in [1.82, 2.24) is 4.90 Å². The SMILES string of the molecule is Cc1cc(C)cc(N(C)C2(CN)CCN(C(C)C)C2)c1. The molecule has 3 nitrogen and oxygen atoms in total. The fourth-order valence-corrected chi connectivity index (χ4v) is 3.32. The second-order valence-electron chi connectivity index (χ2n) is 6.65. The summed E-state index contributed by atoms with van der Waals surface area (Å²) in [7, 11) is 2.20. The van der Waals surface area contributed by atoms with Crippen LogP contribution in [0.3, 0.4) is 0 Å². The number of aryl methyl sites for hydroxylation is 2. The Balaban J connectivity index is 2.27. The van der Waals surface area contributed by atoms with Crippen molar-refractivity contribution in [2.24, 2.45) is 5.73 Å². The monoisotopic (exact) mass is 275 g/mol. The van der Waals surface area contributed by atoms with Crippen molar-refractivity contribution in [2.45, 2.75) is 45.7 Å². The molecule has 1 aromatic rings. The fraction of sp³-hybridized carbons (Fsp3) is 0.647. The minimum absolute atomic E-state index is 0.0739. The van der Waals surface area contributed by atoms with Crippen LogP contribution in [0.4, 0.5) is 5.69 Å². The average Bonchev–Trinajstić information content (AvgIpc) is 2.82. The molecule has 0 spiro atoms. The van der Waals surface area contributed by atoms with Gasteiger partial charge in [0, 0.05) is 38.4 Å². The van der Waals surface area contributed by atoms with E-state index in [9.17, 15) is 0 Å². The quantitative estimate of drug-likeness (QED) is 0.916. The largest absolute Gasteiger partial charge is 0.366 e. The summed E-state index contributed by atoms with van der Waals surface area (Å²) in [5.41, 5.74) is 10.2. The lowest BCUT2D eigenvalue weighted by atomic mass is 9.95. The molecule has 112 valence electrons. The number of rotatable bonds is 4. The molecule has 0 amide bonds. The molecule has 0 aromatic heterocycles. The number of hydrogen-bond donors (Lipinski definition) is 1. The van der Waals surface area contributed by atoms with Crippen molar-refractivity contribution in [1.29, 1.82) is 0 Å². The molecule has 1 unspecified atom stereocenters. The first-order valence-corrected chi connectivity index (χ1v) is 7.64. The lowest BCUT2D eigenvalue weighted by molar-refractivity contribution is 0.255. The zero-order valence-electron chi connectivity index (χ0n) is 13.6. The minimum Gasteiger partial charge on any atom is -0.366 e. The molecule has 1 saturated heterocycles. The zero-order chi connectivity index (χ0) is 14.9. The number of anilines is 1. The molecule has 0 aliphatic carbocycles. The van der Waals surface area contributed by atoms with E-state index in [2.05, 4.69) is 62.7 Å². The van der Waals surface area contributed by atoms with Gasteiger partial charge in [0.05, 0.1) is 5.54 Å². The van der Waals surface area contributed by atoms with Crippen molar-refractivity contribution in [2.75, 3.05) is 31.6 Å². The Bertz CT molecular complexity index is 449. The molecule has 1 aliphatic heterocycles. The van der Waals surface area contributed by atoms with Crippen molar-refractivity contribution in [3.8, 4) is 0 Å². The fourth-order valence-electron chi connectivity index (χ4n) is 3.32. The van der Waals surface area contributed by atoms with Crippen molar-refractivity contribution < 1.29 is 0 Å². The number of hydrogen-bond acceptors (Lipinski definition) is 3. The molecule has 2 N–H and O–H groups in total. The van der Waals surface area contributed by atoms with Crippen LogP contribution in [-0.2, 0) is 0 Å². The molecule has 20 heavy (non-hydrogen) atoms. The average molecular weight is 275 g/mol. The second-order valence-corrected chi connectivity index (χ2v) is 6.65. The molecule has 0 radical (unpaired) electrons. The third kappa shape index (κ3) is 2.84. The molecule has 2 rings (SSSR count). The minimum atomic E-state index is 0.0739. The van der Waals surface area contributed by atoms with Gasteiger partial charge in [-0.25, -0.2) is 0 Å². The molecule has 1 aliphatic rings. The Morgan fingerprint density at radius 2 is 1.85 bits per heavy atom. The molecule has 1 heterocycles. The van der Waals surface area contributed by atoms with Crippen LogP contribution in [0.2, 0.25) is 0 Å². The third-order valence-electron chi connectivity index (χ3n) is 4.78. The number of likely N-dealkylation sites (tertiary alicyclic amines) is 1. The number of nitrogens with two attached hydrogens (primary N) is 1. The van der Waals surface area contributed by atoms with Gasteiger partial charge in [0.15, 0.2) is 0 Å². The van der Waals surface area contributed by atoms with Gasteiger partial charge in [-0.15, -0.1) is 0 Å². The van der Waals surface area contributed by atoms with Crippen molar-refractivity contribution in [3.63, 3.8) is 0 Å². The van der Waals surface area contributed by atoms with Gasteiger partial charge in [-0.05, 0) is 57.4 Å². The lowest BCUT2D eigenvalue weighted by Crippen LogP contribution is -2.54. The summed E-state index contributed by atoms with van der Waals surface area (Å²) < 4.78 is 0. The summed E-state index contributed by atoms with van der Waals surface area (Å²) in [5, 5.41) is 0. The highest BCUT2D eigenvalue weighted by Gasteiger charge is 2.41. The van der Waals surface area contributed by atoms with E-state index in [0.29, 0.717) is 12.6 Å². The van der Waals surface area contributed by atoms with Gasteiger partial charge in [-0.1, -0.05) is 6.07 Å². The summed E-state index contributed by atoms with van der Waals surface area (Å²) in [6, 6.07) is 7.35. The maximum atomic E-state index is 6.18. The number of nitrogens with zero attached hydrogens (tertiary/aromatic N) is 2. The molecule has 0 bridgehead atoms. The van der Waals surface area contributed by atoms with E-state index >= 15 is 0 Å². The Hall–Kier alpha value is -1.06. The van der Waals surface area contributed by atoms with E-state index in [1.807, 2.05) is 0 Å². The molecular weight excluding hydrogens is 246 g/mol. The van der Waals surface area contributed by atoms with E-state index in [1.54, 1.807) is 0 Å². The summed E-state index contributed by atoms with van der Waals surface area (Å²) in [4.78, 5) is 4.95. The number of likely N-dealkylation sites (N-methyl/N-ethyl adjacent to an activating group) is 1. The van der Waals surface area contributed by atoms with E-state index in [4.69, 9.17) is 5.73 Å². The standard InChI is InChI=1S/C17H29N3/c1-13(2)20-7-6-17(11-18,12-20)19(5)16-9-14(3)8-15(4)10-16/h8-10,13H,6-7,11-12,18H2,1-5H3. The first-order valence-electron chi connectivity index (χ1n) is 7.64. The molecule has 1 atom stereocenters. The van der Waals surface area contributed by atoms with Crippen LogP contribution in [-0.4, -0.2) is 43.2 Å². The van der Waals surface area contributed by atoms with Crippen LogP contribution in [0, 0.1) is 13.8 Å². The van der Waals surface area contributed by atoms with Gasteiger partial charge in [0.25, 0.3) is 0 Å². The topological polar surface area (TPSA) is 32.5 Å². The van der Waals surface area contributed by atoms with E-state index in [1.165, 1.54) is 16.8 Å². The van der Waals surface area contributed by atoms with Crippen LogP contribution in [0.25, 0.3) is 0 Å². The molecule has 3 heteroatoms. The Morgan fingerprint density at radius 1 is 1.25 bits per heavy atom. The van der Waals surface area contributed by atoms with Gasteiger partial charge in [-0.2, -0.15) is 0 Å². The molecular formula is C17H29N3. The van der Waals surface area contributed by atoms with Gasteiger partial charge in [0.2, 0.25) is 0 Å². The zero-order valence-corrected chi connectivity index (χ0v) is 13.6. The second kappa shape index (κ2) is 5.74. The maximum absolute atomic E-state index is 6.18. The predicted octanol–water partition coefficient (Wildman–Crippen LogP) is 2.55. The van der Waals surface area contributed by atoms with Gasteiger partial charge >= 0.3 is 0 Å². The Labute approximate surface area is 123 Å². The molecule has 1 aromatic carbocycles. The van der Waals surface area contributed by atoms with Crippen molar-refractivity contribution >= 4 is 5.69 Å². The van der Waals surface area contributed by atoms with Gasteiger partial charge in [-0.3, -0.25) is 4.90 Å². The summed E-state index contributed by atoms with van der Waals surface area (Å²) >= 11 is 0. The Kier molecular flexibility index (Phi) is 4.40. The van der Waals surface area contributed by atoms with E-state index < -0.39 is 0 Å². The maximum Gasteiger partial charge on any atom is 0.0659 e. The van der Waals surface area contributed by atoms with Crippen LogP contribution >= 0.6 is 0 Å². The van der Waals surface area contributed by atoms with Crippen LogP contribution in [0.1, 0.15) is 31.4 Å². The van der Waals surface area contributed by atoms with Crippen LogP contribution in [0.15, 0.2) is 18.2 Å². The van der Waals surface area contributed by atoms with Crippen LogP contribution in [0.5, 0.6) is 0 Å². The highest BCUT2D eigenvalue weighted by atomic mass is 15.3. The van der Waals surface area contributed by atoms with Gasteiger partial charge < -0.3 is 10.6 Å². The van der Waals surface area contributed by atoms with E-state index in [0.717, 1.165) is 19.5 Å². The molecule has 1 fully saturated rings. The van der Waals surface area contributed by atoms with Crippen LogP contribution < -0.4 is 10.6 Å². The predicted molar refractivity (Wildman–Crippen MR) is 87.4 cm³/mol. The smallest absolute Gasteiger partial charge is 0.0659 e. The highest BCUT2D eigenvalue weighted by Crippen LogP contribution is 2.32. The Morgan fingerprint density at radius 3 is 2.30 bits per heavy atom. The van der Waals surface area contributed by atoms with Gasteiger partial charge in [0.1, 0.15) is 0 Å². The number of benzene rings is 1.